The zero-order valence-electron chi connectivity index (χ0n) is 16.3. The monoisotopic (exact) mass is 396 g/mol. The predicted octanol–water partition coefficient (Wildman–Crippen LogP) is 2.93. The van der Waals surface area contributed by atoms with Crippen molar-refractivity contribution >= 4 is 39.0 Å². The molecule has 8 heteroatoms. The highest BCUT2D eigenvalue weighted by Gasteiger charge is 2.35. The summed E-state index contributed by atoms with van der Waals surface area (Å²) in [5.74, 6) is 0.813. The van der Waals surface area contributed by atoms with E-state index in [1.54, 1.807) is 31.4 Å². The van der Waals surface area contributed by atoms with Crippen LogP contribution in [0.15, 0.2) is 30.7 Å². The van der Waals surface area contributed by atoms with Crippen molar-refractivity contribution in [3.63, 3.8) is 0 Å². The summed E-state index contributed by atoms with van der Waals surface area (Å²) in [6, 6.07) is 4.05. The molecule has 1 atom stereocenters. The number of nitrogens with two attached hydrogens (primary N) is 1. The SMILES string of the molecule is CN(C)C(=O)c1sc2nc(C3(C)CCCN(c4cnccn4)C3)ccc2c1N. The van der Waals surface area contributed by atoms with Gasteiger partial charge in [0.2, 0.25) is 0 Å². The third-order valence-corrected chi connectivity index (χ3v) is 6.49. The van der Waals surface area contributed by atoms with Crippen molar-refractivity contribution in [1.82, 2.24) is 19.9 Å². The molecule has 4 heterocycles. The molecule has 0 aromatic carbocycles. The Bertz CT molecular complexity index is 1020. The fourth-order valence-corrected chi connectivity index (χ4v) is 4.91. The third-order valence-electron chi connectivity index (χ3n) is 5.38. The molecule has 1 aliphatic heterocycles. The Morgan fingerprint density at radius 1 is 1.32 bits per heavy atom. The van der Waals surface area contributed by atoms with Gasteiger partial charge in [0.1, 0.15) is 15.5 Å². The summed E-state index contributed by atoms with van der Waals surface area (Å²) in [5, 5.41) is 0.851. The van der Waals surface area contributed by atoms with Gasteiger partial charge < -0.3 is 15.5 Å². The predicted molar refractivity (Wildman–Crippen MR) is 113 cm³/mol. The molecule has 1 fully saturated rings. The molecule has 0 saturated carbocycles. The molecular weight excluding hydrogens is 372 g/mol. The van der Waals surface area contributed by atoms with Gasteiger partial charge in [-0.1, -0.05) is 6.92 Å². The van der Waals surface area contributed by atoms with E-state index in [0.29, 0.717) is 10.6 Å². The van der Waals surface area contributed by atoms with Crippen LogP contribution in [0.1, 0.15) is 35.1 Å². The van der Waals surface area contributed by atoms with Crippen molar-refractivity contribution < 1.29 is 4.79 Å². The molecule has 1 unspecified atom stereocenters. The Balaban J connectivity index is 1.69. The van der Waals surface area contributed by atoms with Gasteiger partial charge in [0.05, 0.1) is 11.9 Å². The quantitative estimate of drug-likeness (QED) is 0.732. The van der Waals surface area contributed by atoms with Crippen molar-refractivity contribution in [2.75, 3.05) is 37.8 Å². The van der Waals surface area contributed by atoms with Gasteiger partial charge in [-0.2, -0.15) is 0 Å². The van der Waals surface area contributed by atoms with Crippen molar-refractivity contribution in [3.05, 3.63) is 41.3 Å². The molecule has 3 aromatic rings. The van der Waals surface area contributed by atoms with Crippen LogP contribution in [-0.2, 0) is 5.41 Å². The number of amides is 1. The van der Waals surface area contributed by atoms with Gasteiger partial charge in [-0.3, -0.25) is 9.78 Å². The number of carbonyl (C=O) groups is 1. The van der Waals surface area contributed by atoms with Crippen LogP contribution in [0.25, 0.3) is 10.2 Å². The van der Waals surface area contributed by atoms with Crippen molar-refractivity contribution in [2.24, 2.45) is 0 Å². The fraction of sp³-hybridized carbons (Fsp3) is 0.400. The lowest BCUT2D eigenvalue weighted by Crippen LogP contribution is -2.45. The molecule has 0 spiro atoms. The van der Waals surface area contributed by atoms with Gasteiger partial charge in [-0.05, 0) is 25.0 Å². The maximum Gasteiger partial charge on any atom is 0.265 e. The maximum atomic E-state index is 12.4. The Morgan fingerprint density at radius 3 is 2.86 bits per heavy atom. The molecule has 7 nitrogen and oxygen atoms in total. The first kappa shape index (κ1) is 18.6. The van der Waals surface area contributed by atoms with E-state index in [9.17, 15) is 4.79 Å². The van der Waals surface area contributed by atoms with Gasteiger partial charge in [0.15, 0.2) is 0 Å². The Labute approximate surface area is 168 Å². The number of pyridine rings is 1. The van der Waals surface area contributed by atoms with Crippen molar-refractivity contribution in [3.8, 4) is 0 Å². The summed E-state index contributed by atoms with van der Waals surface area (Å²) in [7, 11) is 3.46. The maximum absolute atomic E-state index is 12.4. The number of nitrogen functional groups attached to an aromatic ring is 1. The summed E-state index contributed by atoms with van der Waals surface area (Å²) in [4.78, 5) is 31.2. The highest BCUT2D eigenvalue weighted by Crippen LogP contribution is 2.38. The first-order chi connectivity index (χ1) is 13.4. The van der Waals surface area contributed by atoms with Gasteiger partial charge in [-0.25, -0.2) is 9.97 Å². The van der Waals surface area contributed by atoms with Crippen LogP contribution in [0.4, 0.5) is 11.5 Å². The lowest BCUT2D eigenvalue weighted by molar-refractivity contribution is 0.0833. The van der Waals surface area contributed by atoms with E-state index in [4.69, 9.17) is 10.7 Å². The minimum Gasteiger partial charge on any atom is -0.397 e. The highest BCUT2D eigenvalue weighted by atomic mass is 32.1. The fourth-order valence-electron chi connectivity index (χ4n) is 3.79. The van der Waals surface area contributed by atoms with Crippen molar-refractivity contribution in [2.45, 2.75) is 25.2 Å². The van der Waals surface area contributed by atoms with Crippen LogP contribution in [-0.4, -0.2) is 52.9 Å². The number of carbonyl (C=O) groups excluding carboxylic acids is 1. The van der Waals surface area contributed by atoms with Crippen LogP contribution in [0.5, 0.6) is 0 Å². The summed E-state index contributed by atoms with van der Waals surface area (Å²) in [5.41, 5.74) is 7.68. The Hall–Kier alpha value is -2.74. The zero-order chi connectivity index (χ0) is 19.9. The zero-order valence-corrected chi connectivity index (χ0v) is 17.2. The number of piperidine rings is 1. The Morgan fingerprint density at radius 2 is 2.14 bits per heavy atom. The van der Waals surface area contributed by atoms with Gasteiger partial charge in [0, 0.05) is 56.1 Å². The van der Waals surface area contributed by atoms with E-state index in [2.05, 4.69) is 27.9 Å². The molecule has 0 aliphatic carbocycles. The molecule has 2 N–H and O–H groups in total. The average Bonchev–Trinajstić information content (AvgIpc) is 3.04. The first-order valence-electron chi connectivity index (χ1n) is 9.31. The second-order valence-electron chi connectivity index (χ2n) is 7.74. The van der Waals surface area contributed by atoms with E-state index in [1.807, 2.05) is 12.3 Å². The summed E-state index contributed by atoms with van der Waals surface area (Å²) in [6.45, 7) is 4.03. The van der Waals surface area contributed by atoms with Crippen LogP contribution >= 0.6 is 11.3 Å². The number of anilines is 2. The molecule has 0 bridgehead atoms. The van der Waals surface area contributed by atoms with Crippen LogP contribution in [0.2, 0.25) is 0 Å². The van der Waals surface area contributed by atoms with Crippen LogP contribution < -0.4 is 10.6 Å². The summed E-state index contributed by atoms with van der Waals surface area (Å²) < 4.78 is 0. The van der Waals surface area contributed by atoms with E-state index in [-0.39, 0.29) is 11.3 Å². The molecule has 4 rings (SSSR count). The first-order valence-corrected chi connectivity index (χ1v) is 10.1. The molecule has 28 heavy (non-hydrogen) atoms. The van der Waals surface area contributed by atoms with Gasteiger partial charge in [-0.15, -0.1) is 11.3 Å². The number of thiophene rings is 1. The number of rotatable bonds is 3. The molecule has 1 saturated heterocycles. The Kier molecular flexibility index (Phi) is 4.66. The van der Waals surface area contributed by atoms with Gasteiger partial charge in [0.25, 0.3) is 5.91 Å². The second-order valence-corrected chi connectivity index (χ2v) is 8.74. The van der Waals surface area contributed by atoms with E-state index >= 15 is 0 Å². The minimum atomic E-state index is -0.103. The second kappa shape index (κ2) is 7.01. The third kappa shape index (κ3) is 3.17. The molecular formula is C20H24N6OS. The smallest absolute Gasteiger partial charge is 0.265 e. The molecule has 1 amide bonds. The van der Waals surface area contributed by atoms with Crippen molar-refractivity contribution in [1.29, 1.82) is 0 Å². The topological polar surface area (TPSA) is 88.2 Å². The normalized spacial score (nSPS) is 19.8. The van der Waals surface area contributed by atoms with E-state index < -0.39 is 0 Å². The van der Waals surface area contributed by atoms with Gasteiger partial charge >= 0.3 is 0 Å². The lowest BCUT2D eigenvalue weighted by atomic mass is 9.78. The standard InChI is InChI=1S/C20H24N6OS/c1-20(7-4-10-26(12-20)15-11-22-8-9-23-15)14-6-5-13-16(21)17(19(27)25(2)3)28-18(13)24-14/h5-6,8-9,11H,4,7,10,12,21H2,1-3H3. The lowest BCUT2D eigenvalue weighted by Gasteiger charge is -2.40. The van der Waals surface area contributed by atoms with E-state index in [0.717, 1.165) is 47.7 Å². The number of aromatic nitrogens is 3. The molecule has 146 valence electrons. The molecule has 3 aromatic heterocycles. The van der Waals surface area contributed by atoms with Crippen LogP contribution in [0.3, 0.4) is 0 Å². The van der Waals surface area contributed by atoms with Crippen LogP contribution in [0, 0.1) is 0 Å². The average molecular weight is 397 g/mol. The molecule has 0 radical (unpaired) electrons. The number of nitrogens with zero attached hydrogens (tertiary/aromatic N) is 5. The number of hydrogen-bond acceptors (Lipinski definition) is 7. The summed E-state index contributed by atoms with van der Waals surface area (Å²) >= 11 is 1.37. The highest BCUT2D eigenvalue weighted by molar-refractivity contribution is 7.21. The number of fused-ring (bicyclic) bond motifs is 1. The minimum absolute atomic E-state index is 0.0836. The van der Waals surface area contributed by atoms with E-state index in [1.165, 1.54) is 11.3 Å². The molecule has 1 aliphatic rings. The number of hydrogen-bond donors (Lipinski definition) is 1. The summed E-state index contributed by atoms with van der Waals surface area (Å²) in [6.07, 6.45) is 7.33. The largest absolute Gasteiger partial charge is 0.397 e.